The monoisotopic (exact) mass is 322 g/mol. The normalized spacial score (nSPS) is 22.9. The average Bonchev–Trinajstić information content (AvgIpc) is 3.05. The van der Waals surface area contributed by atoms with E-state index >= 15 is 0 Å². The van der Waals surface area contributed by atoms with Crippen LogP contribution in [-0.4, -0.2) is 21.4 Å². The Balaban J connectivity index is 1.84. The molecule has 2 aliphatic rings. The highest BCUT2D eigenvalue weighted by Crippen LogP contribution is 2.44. The minimum atomic E-state index is 0.103. The van der Waals surface area contributed by atoms with Crippen molar-refractivity contribution in [3.8, 4) is 0 Å². The zero-order valence-electron chi connectivity index (χ0n) is 14.9. The first-order chi connectivity index (χ1) is 11.6. The standard InChI is InChI=1S/C21H26N2O/c1-14-15(2)21(24)23(16-9-5-4-6-10-16)20(14)18-13-22(3)19-12-8-7-11-17(18)19/h7-8,11-13,16,20H,4-6,9-10H2,1-3H3/t20-/m1/s1. The Morgan fingerprint density at radius 2 is 1.75 bits per heavy atom. The summed E-state index contributed by atoms with van der Waals surface area (Å²) in [5, 5.41) is 1.27. The van der Waals surface area contributed by atoms with E-state index in [1.807, 2.05) is 6.92 Å². The van der Waals surface area contributed by atoms with E-state index in [4.69, 9.17) is 0 Å². The maximum atomic E-state index is 13.0. The van der Waals surface area contributed by atoms with E-state index in [1.54, 1.807) is 0 Å². The second kappa shape index (κ2) is 5.80. The number of aryl methyl sites for hydroxylation is 1. The molecule has 1 aliphatic heterocycles. The lowest BCUT2D eigenvalue weighted by Gasteiger charge is -2.36. The summed E-state index contributed by atoms with van der Waals surface area (Å²) < 4.78 is 2.19. The molecule has 0 saturated heterocycles. The van der Waals surface area contributed by atoms with E-state index < -0.39 is 0 Å². The van der Waals surface area contributed by atoms with E-state index in [9.17, 15) is 4.79 Å². The highest BCUT2D eigenvalue weighted by molar-refractivity contribution is 5.98. The molecule has 1 saturated carbocycles. The maximum Gasteiger partial charge on any atom is 0.250 e. The van der Waals surface area contributed by atoms with Crippen molar-refractivity contribution in [1.29, 1.82) is 0 Å². The molecule has 1 amide bonds. The number of para-hydroxylation sites is 1. The third-order valence-corrected chi connectivity index (χ3v) is 6.03. The average molecular weight is 322 g/mol. The SMILES string of the molecule is CC1=C(C)[C@H](c2cn(C)c3ccccc23)N(C2CCCCC2)C1=O. The summed E-state index contributed by atoms with van der Waals surface area (Å²) in [6.45, 7) is 4.14. The Kier molecular flexibility index (Phi) is 3.75. The molecule has 3 nitrogen and oxygen atoms in total. The summed E-state index contributed by atoms with van der Waals surface area (Å²) in [4.78, 5) is 15.2. The zero-order valence-corrected chi connectivity index (χ0v) is 14.9. The van der Waals surface area contributed by atoms with Crippen LogP contribution in [0.15, 0.2) is 41.6 Å². The summed E-state index contributed by atoms with van der Waals surface area (Å²) >= 11 is 0. The fourth-order valence-electron chi connectivity index (χ4n) is 4.60. The molecule has 1 atom stereocenters. The van der Waals surface area contributed by atoms with Gasteiger partial charge in [-0.2, -0.15) is 0 Å². The van der Waals surface area contributed by atoms with Crippen LogP contribution in [0.2, 0.25) is 0 Å². The second-order valence-electron chi connectivity index (χ2n) is 7.43. The van der Waals surface area contributed by atoms with Gasteiger partial charge in [-0.25, -0.2) is 0 Å². The van der Waals surface area contributed by atoms with Crippen LogP contribution >= 0.6 is 0 Å². The van der Waals surface area contributed by atoms with E-state index in [0.29, 0.717) is 6.04 Å². The Morgan fingerprint density at radius 3 is 2.50 bits per heavy atom. The largest absolute Gasteiger partial charge is 0.350 e. The number of benzene rings is 1. The van der Waals surface area contributed by atoms with Gasteiger partial charge >= 0.3 is 0 Å². The molecule has 3 heteroatoms. The molecule has 0 bridgehead atoms. The van der Waals surface area contributed by atoms with Crippen molar-refractivity contribution < 1.29 is 4.79 Å². The Morgan fingerprint density at radius 1 is 1.04 bits per heavy atom. The van der Waals surface area contributed by atoms with Crippen LogP contribution in [0.25, 0.3) is 10.9 Å². The maximum absolute atomic E-state index is 13.0. The first-order valence-corrected chi connectivity index (χ1v) is 9.13. The minimum absolute atomic E-state index is 0.103. The van der Waals surface area contributed by atoms with E-state index in [1.165, 1.54) is 41.3 Å². The lowest BCUT2D eigenvalue weighted by Crippen LogP contribution is -2.40. The molecule has 0 radical (unpaired) electrons. The number of hydrogen-bond donors (Lipinski definition) is 0. The summed E-state index contributed by atoms with van der Waals surface area (Å²) in [5.41, 5.74) is 4.68. The highest BCUT2D eigenvalue weighted by atomic mass is 16.2. The molecule has 0 spiro atoms. The second-order valence-corrected chi connectivity index (χ2v) is 7.43. The van der Waals surface area contributed by atoms with Crippen LogP contribution in [-0.2, 0) is 11.8 Å². The molecule has 0 N–H and O–H groups in total. The number of amides is 1. The van der Waals surface area contributed by atoms with Gasteiger partial charge in [0.15, 0.2) is 0 Å². The minimum Gasteiger partial charge on any atom is -0.350 e. The van der Waals surface area contributed by atoms with Gasteiger partial charge in [-0.3, -0.25) is 4.79 Å². The lowest BCUT2D eigenvalue weighted by atomic mass is 9.91. The van der Waals surface area contributed by atoms with Crippen LogP contribution in [0.3, 0.4) is 0 Å². The molecular weight excluding hydrogens is 296 g/mol. The summed E-state index contributed by atoms with van der Waals surface area (Å²) in [7, 11) is 2.10. The topological polar surface area (TPSA) is 25.2 Å². The molecular formula is C21H26N2O. The van der Waals surface area contributed by atoms with Crippen LogP contribution in [0.4, 0.5) is 0 Å². The van der Waals surface area contributed by atoms with Crippen molar-refractivity contribution in [2.75, 3.05) is 0 Å². The van der Waals surface area contributed by atoms with Crippen molar-refractivity contribution in [1.82, 2.24) is 9.47 Å². The molecule has 126 valence electrons. The van der Waals surface area contributed by atoms with Gasteiger partial charge in [-0.15, -0.1) is 0 Å². The van der Waals surface area contributed by atoms with Crippen LogP contribution in [0.5, 0.6) is 0 Å². The van der Waals surface area contributed by atoms with Crippen molar-refractivity contribution >= 4 is 16.8 Å². The number of carbonyl (C=O) groups excluding carboxylic acids is 1. The van der Waals surface area contributed by atoms with Crippen LogP contribution in [0, 0.1) is 0 Å². The van der Waals surface area contributed by atoms with E-state index in [2.05, 4.69) is 53.9 Å². The van der Waals surface area contributed by atoms with Crippen molar-refractivity contribution in [2.45, 2.75) is 58.0 Å². The molecule has 1 aliphatic carbocycles. The lowest BCUT2D eigenvalue weighted by molar-refractivity contribution is -0.130. The highest BCUT2D eigenvalue weighted by Gasteiger charge is 2.41. The molecule has 24 heavy (non-hydrogen) atoms. The molecule has 4 rings (SSSR count). The number of rotatable bonds is 2. The predicted molar refractivity (Wildman–Crippen MR) is 97.8 cm³/mol. The number of hydrogen-bond acceptors (Lipinski definition) is 1. The fourth-order valence-corrected chi connectivity index (χ4v) is 4.60. The van der Waals surface area contributed by atoms with Gasteiger partial charge in [-0.1, -0.05) is 37.5 Å². The quantitative estimate of drug-likeness (QED) is 0.784. The van der Waals surface area contributed by atoms with E-state index in [-0.39, 0.29) is 11.9 Å². The van der Waals surface area contributed by atoms with Crippen LogP contribution < -0.4 is 0 Å². The van der Waals surface area contributed by atoms with Crippen molar-refractivity contribution in [2.24, 2.45) is 7.05 Å². The van der Waals surface area contributed by atoms with Crippen molar-refractivity contribution in [3.63, 3.8) is 0 Å². The van der Waals surface area contributed by atoms with Crippen LogP contribution in [0.1, 0.15) is 57.6 Å². The van der Waals surface area contributed by atoms with Gasteiger partial charge in [-0.05, 0) is 38.3 Å². The molecule has 1 aromatic heterocycles. The summed E-state index contributed by atoms with van der Waals surface area (Å²) in [6.07, 6.45) is 8.31. The van der Waals surface area contributed by atoms with E-state index in [0.717, 1.165) is 18.4 Å². The smallest absolute Gasteiger partial charge is 0.250 e. The van der Waals surface area contributed by atoms with Gasteiger partial charge in [0.2, 0.25) is 0 Å². The van der Waals surface area contributed by atoms with Gasteiger partial charge in [0, 0.05) is 41.3 Å². The first-order valence-electron chi connectivity index (χ1n) is 9.13. The van der Waals surface area contributed by atoms with Gasteiger partial charge < -0.3 is 9.47 Å². The number of aromatic nitrogens is 1. The van der Waals surface area contributed by atoms with Crippen molar-refractivity contribution in [3.05, 3.63) is 47.2 Å². The van der Waals surface area contributed by atoms with Gasteiger partial charge in [0.1, 0.15) is 0 Å². The molecule has 2 heterocycles. The third-order valence-electron chi connectivity index (χ3n) is 6.03. The fraction of sp³-hybridized carbons (Fsp3) is 0.476. The number of nitrogens with zero attached hydrogens (tertiary/aromatic N) is 2. The Bertz CT molecular complexity index is 823. The molecule has 2 aromatic rings. The Hall–Kier alpha value is -2.03. The number of fused-ring (bicyclic) bond motifs is 1. The first kappa shape index (κ1) is 15.5. The van der Waals surface area contributed by atoms with Gasteiger partial charge in [0.25, 0.3) is 5.91 Å². The Labute approximate surface area is 143 Å². The number of carbonyl (C=O) groups is 1. The zero-order chi connectivity index (χ0) is 16.8. The molecule has 1 fully saturated rings. The summed E-state index contributed by atoms with van der Waals surface area (Å²) in [5.74, 6) is 0.248. The summed E-state index contributed by atoms with van der Waals surface area (Å²) in [6, 6.07) is 9.02. The molecule has 1 aromatic carbocycles. The molecule has 0 unspecified atom stereocenters. The van der Waals surface area contributed by atoms with Gasteiger partial charge in [0.05, 0.1) is 6.04 Å². The predicted octanol–water partition coefficient (Wildman–Crippen LogP) is 4.73. The third kappa shape index (κ3) is 2.21.